The van der Waals surface area contributed by atoms with E-state index in [1.165, 1.54) is 11.3 Å². The lowest BCUT2D eigenvalue weighted by molar-refractivity contribution is 0.581. The van der Waals surface area contributed by atoms with E-state index in [2.05, 4.69) is 47.6 Å². The van der Waals surface area contributed by atoms with Crippen LogP contribution in [0.4, 0.5) is 0 Å². The molecule has 1 unspecified atom stereocenters. The first-order chi connectivity index (χ1) is 6.36. The van der Waals surface area contributed by atoms with Gasteiger partial charge in [-0.1, -0.05) is 47.6 Å². The molecule has 1 aliphatic heterocycles. The minimum Gasteiger partial charge on any atom is -0.281 e. The summed E-state index contributed by atoms with van der Waals surface area (Å²) in [6, 6.07) is 0.432. The third-order valence-electron chi connectivity index (χ3n) is 2.69. The summed E-state index contributed by atoms with van der Waals surface area (Å²) >= 11 is 0. The molecule has 0 aromatic rings. The zero-order valence-electron chi connectivity index (χ0n) is 10.4. The second kappa shape index (κ2) is 3.88. The first-order valence-electron chi connectivity index (χ1n) is 5.66. The Morgan fingerprint density at radius 2 is 1.93 bits per heavy atom. The molecule has 80 valence electrons. The van der Waals surface area contributed by atoms with E-state index >= 15 is 0 Å². The SMILES string of the molecule is CCC1C=C(C(C)C)C(C(C)(C)C)=N1. The number of allylic oxidation sites excluding steroid dienone is 1. The van der Waals surface area contributed by atoms with Crippen molar-refractivity contribution in [3.63, 3.8) is 0 Å². The summed E-state index contributed by atoms with van der Waals surface area (Å²) in [5.74, 6) is 0.601. The average molecular weight is 193 g/mol. The Labute approximate surface area is 88.3 Å². The summed E-state index contributed by atoms with van der Waals surface area (Å²) in [6.45, 7) is 13.5. The summed E-state index contributed by atoms with van der Waals surface area (Å²) in [5, 5.41) is 0. The van der Waals surface area contributed by atoms with Gasteiger partial charge in [0.05, 0.1) is 6.04 Å². The monoisotopic (exact) mass is 193 g/mol. The second-order valence-corrected chi connectivity index (χ2v) is 5.48. The fourth-order valence-corrected chi connectivity index (χ4v) is 1.87. The molecule has 1 aliphatic rings. The summed E-state index contributed by atoms with van der Waals surface area (Å²) < 4.78 is 0. The Kier molecular flexibility index (Phi) is 3.18. The van der Waals surface area contributed by atoms with Crippen molar-refractivity contribution in [2.24, 2.45) is 16.3 Å². The van der Waals surface area contributed by atoms with Gasteiger partial charge in [-0.3, -0.25) is 4.99 Å². The van der Waals surface area contributed by atoms with Crippen LogP contribution >= 0.6 is 0 Å². The topological polar surface area (TPSA) is 12.4 Å². The van der Waals surface area contributed by atoms with Gasteiger partial charge in [-0.15, -0.1) is 0 Å². The normalized spacial score (nSPS) is 22.6. The standard InChI is InChI=1S/C13H23N/c1-7-10-8-11(9(2)3)12(14-10)13(4,5)6/h8-10H,7H2,1-6H3. The van der Waals surface area contributed by atoms with Crippen LogP contribution in [0.3, 0.4) is 0 Å². The van der Waals surface area contributed by atoms with E-state index in [1.54, 1.807) is 0 Å². The maximum Gasteiger partial charge on any atom is 0.0687 e. The Morgan fingerprint density at radius 1 is 1.36 bits per heavy atom. The quantitative estimate of drug-likeness (QED) is 0.631. The van der Waals surface area contributed by atoms with Crippen LogP contribution in [0.15, 0.2) is 16.6 Å². The van der Waals surface area contributed by atoms with E-state index in [-0.39, 0.29) is 5.41 Å². The Morgan fingerprint density at radius 3 is 2.21 bits per heavy atom. The molecule has 0 aliphatic carbocycles. The molecular weight excluding hydrogens is 170 g/mol. The number of aliphatic imine (C=N–C) groups is 1. The van der Waals surface area contributed by atoms with Crippen molar-refractivity contribution in [2.45, 2.75) is 54.0 Å². The highest BCUT2D eigenvalue weighted by Gasteiger charge is 2.29. The van der Waals surface area contributed by atoms with E-state index in [9.17, 15) is 0 Å². The molecule has 0 saturated heterocycles. The van der Waals surface area contributed by atoms with Gasteiger partial charge in [0.1, 0.15) is 0 Å². The lowest BCUT2D eigenvalue weighted by atomic mass is 9.82. The Hall–Kier alpha value is -0.590. The summed E-state index contributed by atoms with van der Waals surface area (Å²) in [6.07, 6.45) is 3.47. The third-order valence-corrected chi connectivity index (χ3v) is 2.69. The van der Waals surface area contributed by atoms with Crippen molar-refractivity contribution in [3.05, 3.63) is 11.6 Å². The molecule has 0 aromatic carbocycles. The van der Waals surface area contributed by atoms with E-state index in [1.807, 2.05) is 0 Å². The molecule has 14 heavy (non-hydrogen) atoms. The van der Waals surface area contributed by atoms with E-state index in [0.29, 0.717) is 12.0 Å². The van der Waals surface area contributed by atoms with Gasteiger partial charge >= 0.3 is 0 Å². The highest BCUT2D eigenvalue weighted by Crippen LogP contribution is 2.31. The van der Waals surface area contributed by atoms with Crippen LogP contribution in [0, 0.1) is 11.3 Å². The van der Waals surface area contributed by atoms with Crippen LogP contribution in [0.2, 0.25) is 0 Å². The number of rotatable bonds is 2. The highest BCUT2D eigenvalue weighted by atomic mass is 14.8. The zero-order chi connectivity index (χ0) is 10.9. The van der Waals surface area contributed by atoms with Crippen molar-refractivity contribution in [1.29, 1.82) is 0 Å². The van der Waals surface area contributed by atoms with Crippen LogP contribution in [0.5, 0.6) is 0 Å². The van der Waals surface area contributed by atoms with Crippen molar-refractivity contribution in [3.8, 4) is 0 Å². The third kappa shape index (κ3) is 2.26. The van der Waals surface area contributed by atoms with E-state index in [0.717, 1.165) is 6.42 Å². The molecule has 1 heterocycles. The van der Waals surface area contributed by atoms with E-state index in [4.69, 9.17) is 4.99 Å². The van der Waals surface area contributed by atoms with Crippen LogP contribution < -0.4 is 0 Å². The van der Waals surface area contributed by atoms with Gasteiger partial charge in [-0.25, -0.2) is 0 Å². The molecular formula is C13H23N. The second-order valence-electron chi connectivity index (χ2n) is 5.48. The minimum absolute atomic E-state index is 0.194. The summed E-state index contributed by atoms with van der Waals surface area (Å²) in [7, 11) is 0. The maximum atomic E-state index is 4.80. The Bertz CT molecular complexity index is 263. The fraction of sp³-hybridized carbons (Fsp3) is 0.769. The summed E-state index contributed by atoms with van der Waals surface area (Å²) in [4.78, 5) is 4.80. The van der Waals surface area contributed by atoms with Gasteiger partial charge in [0, 0.05) is 11.1 Å². The molecule has 0 N–H and O–H groups in total. The van der Waals surface area contributed by atoms with Crippen molar-refractivity contribution >= 4 is 5.71 Å². The molecule has 1 heteroatoms. The summed E-state index contributed by atoms with van der Waals surface area (Å²) in [5.41, 5.74) is 2.98. The zero-order valence-corrected chi connectivity index (χ0v) is 10.4. The van der Waals surface area contributed by atoms with Gasteiger partial charge in [0.2, 0.25) is 0 Å². The van der Waals surface area contributed by atoms with Crippen LogP contribution in [0.1, 0.15) is 48.0 Å². The number of nitrogens with zero attached hydrogens (tertiary/aromatic N) is 1. The molecule has 0 saturated carbocycles. The van der Waals surface area contributed by atoms with Gasteiger partial charge < -0.3 is 0 Å². The first-order valence-corrected chi connectivity index (χ1v) is 5.66. The molecule has 0 radical (unpaired) electrons. The lowest BCUT2D eigenvalue weighted by Crippen LogP contribution is -2.23. The molecule has 1 atom stereocenters. The van der Waals surface area contributed by atoms with Crippen LogP contribution in [-0.2, 0) is 0 Å². The highest BCUT2D eigenvalue weighted by molar-refractivity contribution is 6.05. The average Bonchev–Trinajstić information content (AvgIpc) is 2.46. The largest absolute Gasteiger partial charge is 0.281 e. The first kappa shape index (κ1) is 11.5. The molecule has 0 fully saturated rings. The fourth-order valence-electron chi connectivity index (χ4n) is 1.87. The Balaban J connectivity index is 3.00. The predicted octanol–water partition coefficient (Wildman–Crippen LogP) is 3.85. The number of hydrogen-bond donors (Lipinski definition) is 0. The smallest absolute Gasteiger partial charge is 0.0687 e. The van der Waals surface area contributed by atoms with Gasteiger partial charge in [0.15, 0.2) is 0 Å². The van der Waals surface area contributed by atoms with Crippen molar-refractivity contribution in [2.75, 3.05) is 0 Å². The molecule has 0 aromatic heterocycles. The molecule has 1 nitrogen and oxygen atoms in total. The number of hydrogen-bond acceptors (Lipinski definition) is 1. The molecule has 1 rings (SSSR count). The maximum absolute atomic E-state index is 4.80. The van der Waals surface area contributed by atoms with Crippen LogP contribution in [-0.4, -0.2) is 11.8 Å². The van der Waals surface area contributed by atoms with Crippen LogP contribution in [0.25, 0.3) is 0 Å². The molecule has 0 amide bonds. The van der Waals surface area contributed by atoms with Gasteiger partial charge in [-0.05, 0) is 17.9 Å². The van der Waals surface area contributed by atoms with Crippen molar-refractivity contribution in [1.82, 2.24) is 0 Å². The predicted molar refractivity (Wildman–Crippen MR) is 63.9 cm³/mol. The molecule has 0 bridgehead atoms. The minimum atomic E-state index is 0.194. The van der Waals surface area contributed by atoms with Crippen molar-refractivity contribution < 1.29 is 0 Å². The van der Waals surface area contributed by atoms with E-state index < -0.39 is 0 Å². The van der Waals surface area contributed by atoms with Gasteiger partial charge in [0.25, 0.3) is 0 Å². The van der Waals surface area contributed by atoms with Gasteiger partial charge in [-0.2, -0.15) is 0 Å². The molecule has 0 spiro atoms. The lowest BCUT2D eigenvalue weighted by Gasteiger charge is -2.23.